The Kier molecular flexibility index (Phi) is 6.75. The van der Waals surface area contributed by atoms with Crippen molar-refractivity contribution in [2.45, 2.75) is 26.4 Å². The number of amides is 1. The highest BCUT2D eigenvalue weighted by atomic mass is 16.5. The summed E-state index contributed by atoms with van der Waals surface area (Å²) in [7, 11) is 1.54. The Morgan fingerprint density at radius 3 is 2.50 bits per heavy atom. The fourth-order valence-electron chi connectivity index (χ4n) is 2.09. The second-order valence-electron chi connectivity index (χ2n) is 5.11. The van der Waals surface area contributed by atoms with Crippen LogP contribution in [0.4, 0.5) is 0 Å². The number of hydrogen-bond donors (Lipinski definition) is 0. The smallest absolute Gasteiger partial charge is 0.256 e. The van der Waals surface area contributed by atoms with E-state index in [1.807, 2.05) is 30.3 Å². The van der Waals surface area contributed by atoms with Gasteiger partial charge in [0, 0.05) is 20.2 Å². The van der Waals surface area contributed by atoms with Crippen LogP contribution in [0.1, 0.15) is 31.9 Å². The summed E-state index contributed by atoms with van der Waals surface area (Å²) >= 11 is 0. The second kappa shape index (κ2) is 8.34. The third-order valence-corrected chi connectivity index (χ3v) is 2.95. The van der Waals surface area contributed by atoms with Crippen LogP contribution < -0.4 is 0 Å². The lowest BCUT2D eigenvalue weighted by Gasteiger charge is -2.27. The van der Waals surface area contributed by atoms with E-state index in [9.17, 15) is 4.79 Å². The van der Waals surface area contributed by atoms with E-state index in [1.165, 1.54) is 7.11 Å². The van der Waals surface area contributed by atoms with Gasteiger partial charge in [0.25, 0.3) is 5.91 Å². The van der Waals surface area contributed by atoms with Crippen molar-refractivity contribution >= 4 is 5.91 Å². The molecule has 1 atom stereocenters. The highest BCUT2D eigenvalue weighted by Gasteiger charge is 2.25. The maximum atomic E-state index is 12.6. The molecule has 1 aromatic carbocycles. The number of nitrogens with zero attached hydrogens (tertiary/aromatic N) is 2. The van der Waals surface area contributed by atoms with Crippen LogP contribution in [0.5, 0.6) is 0 Å². The minimum absolute atomic E-state index is 0.0809. The molecule has 1 amide bonds. The lowest BCUT2D eigenvalue weighted by Crippen LogP contribution is -2.39. The Labute approximate surface area is 121 Å². The summed E-state index contributed by atoms with van der Waals surface area (Å²) in [5, 5.41) is 8.72. The summed E-state index contributed by atoms with van der Waals surface area (Å²) in [5.41, 5.74) is 0.839. The average molecular weight is 274 g/mol. The molecule has 1 aromatic rings. The first-order chi connectivity index (χ1) is 9.60. The summed E-state index contributed by atoms with van der Waals surface area (Å²) in [6.45, 7) is 5.18. The Hall–Kier alpha value is -1.86. The van der Waals surface area contributed by atoms with Gasteiger partial charge >= 0.3 is 0 Å². The SMILES string of the molecule is COC(C(=O)N(CCC#N)CC(C)C)c1ccccc1. The molecular weight excluding hydrogens is 252 g/mol. The van der Waals surface area contributed by atoms with Gasteiger partial charge in [-0.15, -0.1) is 0 Å². The van der Waals surface area contributed by atoms with Gasteiger partial charge in [0.05, 0.1) is 12.5 Å². The molecule has 4 nitrogen and oxygen atoms in total. The van der Waals surface area contributed by atoms with Crippen LogP contribution in [-0.2, 0) is 9.53 Å². The first-order valence-electron chi connectivity index (χ1n) is 6.83. The Morgan fingerprint density at radius 1 is 1.35 bits per heavy atom. The van der Waals surface area contributed by atoms with Crippen molar-refractivity contribution in [2.24, 2.45) is 5.92 Å². The van der Waals surface area contributed by atoms with Crippen LogP contribution in [-0.4, -0.2) is 31.0 Å². The number of hydrogen-bond acceptors (Lipinski definition) is 3. The van der Waals surface area contributed by atoms with Crippen LogP contribution in [0.3, 0.4) is 0 Å². The summed E-state index contributed by atoms with van der Waals surface area (Å²) in [4.78, 5) is 14.3. The predicted octanol–water partition coefficient (Wildman–Crippen LogP) is 2.77. The second-order valence-corrected chi connectivity index (χ2v) is 5.11. The van der Waals surface area contributed by atoms with Crippen LogP contribution in [0.25, 0.3) is 0 Å². The molecule has 0 aromatic heterocycles. The monoisotopic (exact) mass is 274 g/mol. The Balaban J connectivity index is 2.88. The van der Waals surface area contributed by atoms with E-state index in [2.05, 4.69) is 19.9 Å². The molecule has 4 heteroatoms. The number of nitriles is 1. The number of methoxy groups -OCH3 is 1. The number of rotatable bonds is 7. The number of benzene rings is 1. The van der Waals surface area contributed by atoms with Gasteiger partial charge in [0.15, 0.2) is 6.10 Å². The third kappa shape index (κ3) is 4.67. The van der Waals surface area contributed by atoms with E-state index in [-0.39, 0.29) is 5.91 Å². The Bertz CT molecular complexity index is 451. The molecule has 0 spiro atoms. The van der Waals surface area contributed by atoms with Crippen molar-refractivity contribution < 1.29 is 9.53 Å². The minimum Gasteiger partial charge on any atom is -0.367 e. The van der Waals surface area contributed by atoms with Crippen LogP contribution in [0, 0.1) is 17.2 Å². The fraction of sp³-hybridized carbons (Fsp3) is 0.500. The summed E-state index contributed by atoms with van der Waals surface area (Å²) in [5.74, 6) is 0.272. The largest absolute Gasteiger partial charge is 0.367 e. The first kappa shape index (κ1) is 16.2. The molecule has 108 valence electrons. The zero-order valence-corrected chi connectivity index (χ0v) is 12.4. The van der Waals surface area contributed by atoms with Crippen molar-refractivity contribution in [1.29, 1.82) is 5.26 Å². The number of carbonyl (C=O) groups excluding carboxylic acids is 1. The molecule has 0 heterocycles. The maximum Gasteiger partial charge on any atom is 0.256 e. The van der Waals surface area contributed by atoms with Crippen molar-refractivity contribution in [2.75, 3.05) is 20.2 Å². The quantitative estimate of drug-likeness (QED) is 0.768. The molecule has 0 bridgehead atoms. The minimum atomic E-state index is -0.603. The molecule has 1 unspecified atom stereocenters. The van der Waals surface area contributed by atoms with E-state index in [0.29, 0.717) is 25.4 Å². The molecule has 0 aliphatic heterocycles. The normalized spacial score (nSPS) is 11.9. The van der Waals surface area contributed by atoms with Gasteiger partial charge < -0.3 is 9.64 Å². The van der Waals surface area contributed by atoms with Crippen molar-refractivity contribution in [3.63, 3.8) is 0 Å². The summed E-state index contributed by atoms with van der Waals surface area (Å²) in [6.07, 6.45) is -0.266. The van der Waals surface area contributed by atoms with Gasteiger partial charge in [-0.05, 0) is 11.5 Å². The molecule has 0 fully saturated rings. The van der Waals surface area contributed by atoms with Gasteiger partial charge in [-0.2, -0.15) is 5.26 Å². The number of ether oxygens (including phenoxy) is 1. The molecular formula is C16H22N2O2. The summed E-state index contributed by atoms with van der Waals surface area (Å²) < 4.78 is 5.37. The standard InChI is InChI=1S/C16H22N2O2/c1-13(2)12-18(11-7-10-17)16(19)15(20-3)14-8-5-4-6-9-14/h4-6,8-9,13,15H,7,11-12H2,1-3H3. The van der Waals surface area contributed by atoms with E-state index in [0.717, 1.165) is 5.56 Å². The highest BCUT2D eigenvalue weighted by molar-refractivity contribution is 5.82. The van der Waals surface area contributed by atoms with Gasteiger partial charge in [0.1, 0.15) is 0 Å². The van der Waals surface area contributed by atoms with E-state index in [4.69, 9.17) is 10.00 Å². The van der Waals surface area contributed by atoms with E-state index in [1.54, 1.807) is 4.90 Å². The van der Waals surface area contributed by atoms with Gasteiger partial charge in [0.2, 0.25) is 0 Å². The maximum absolute atomic E-state index is 12.6. The van der Waals surface area contributed by atoms with Crippen molar-refractivity contribution in [3.8, 4) is 6.07 Å². The molecule has 0 aliphatic rings. The predicted molar refractivity (Wildman–Crippen MR) is 77.8 cm³/mol. The Morgan fingerprint density at radius 2 is 2.00 bits per heavy atom. The van der Waals surface area contributed by atoms with Crippen molar-refractivity contribution in [3.05, 3.63) is 35.9 Å². The lowest BCUT2D eigenvalue weighted by molar-refractivity contribution is -0.142. The molecule has 0 saturated carbocycles. The highest BCUT2D eigenvalue weighted by Crippen LogP contribution is 2.20. The van der Waals surface area contributed by atoms with E-state index < -0.39 is 6.10 Å². The van der Waals surface area contributed by atoms with Crippen molar-refractivity contribution in [1.82, 2.24) is 4.90 Å². The molecule has 0 radical (unpaired) electrons. The van der Waals surface area contributed by atoms with E-state index >= 15 is 0 Å². The first-order valence-corrected chi connectivity index (χ1v) is 6.83. The third-order valence-electron chi connectivity index (χ3n) is 2.95. The van der Waals surface area contributed by atoms with Gasteiger partial charge in [-0.25, -0.2) is 0 Å². The van der Waals surface area contributed by atoms with Crippen LogP contribution >= 0.6 is 0 Å². The zero-order valence-electron chi connectivity index (χ0n) is 12.4. The topological polar surface area (TPSA) is 53.3 Å². The van der Waals surface area contributed by atoms with Crippen LogP contribution in [0.15, 0.2) is 30.3 Å². The molecule has 0 aliphatic carbocycles. The number of carbonyl (C=O) groups is 1. The zero-order chi connectivity index (χ0) is 15.0. The van der Waals surface area contributed by atoms with Crippen LogP contribution in [0.2, 0.25) is 0 Å². The van der Waals surface area contributed by atoms with Gasteiger partial charge in [-0.1, -0.05) is 44.2 Å². The molecule has 0 N–H and O–H groups in total. The molecule has 1 rings (SSSR count). The molecule has 0 saturated heterocycles. The van der Waals surface area contributed by atoms with Gasteiger partial charge in [-0.3, -0.25) is 4.79 Å². The molecule has 20 heavy (non-hydrogen) atoms. The summed E-state index contributed by atoms with van der Waals surface area (Å²) in [6, 6.07) is 11.5. The lowest BCUT2D eigenvalue weighted by atomic mass is 10.1. The fourth-order valence-corrected chi connectivity index (χ4v) is 2.09. The average Bonchev–Trinajstić information content (AvgIpc) is 2.45.